The van der Waals surface area contributed by atoms with Gasteiger partial charge in [0.1, 0.15) is 0 Å². The van der Waals surface area contributed by atoms with Gasteiger partial charge >= 0.3 is 0 Å². The monoisotopic (exact) mass is 355 g/mol. The van der Waals surface area contributed by atoms with Crippen molar-refractivity contribution in [3.8, 4) is 0 Å². The van der Waals surface area contributed by atoms with Crippen molar-refractivity contribution in [3.63, 3.8) is 0 Å². The summed E-state index contributed by atoms with van der Waals surface area (Å²) >= 11 is 0. The summed E-state index contributed by atoms with van der Waals surface area (Å²) in [5.74, 6) is 1.22. The molecule has 1 aliphatic carbocycles. The topological polar surface area (TPSA) is 61.4 Å². The highest BCUT2D eigenvalue weighted by atomic mass is 16.2. The fraction of sp³-hybridized carbons (Fsp3) is 0.619. The van der Waals surface area contributed by atoms with Gasteiger partial charge in [0.2, 0.25) is 5.91 Å². The number of nitrogens with zero attached hydrogens (tertiary/aromatic N) is 1. The maximum absolute atomic E-state index is 13.0. The largest absolute Gasteiger partial charge is 0.342 e. The maximum Gasteiger partial charge on any atom is 0.230 e. The molecule has 1 aromatic carbocycles. The predicted octanol–water partition coefficient (Wildman–Crippen LogP) is 2.49. The van der Waals surface area contributed by atoms with Crippen molar-refractivity contribution < 1.29 is 9.59 Å². The van der Waals surface area contributed by atoms with Crippen LogP contribution in [0.4, 0.5) is 0 Å². The minimum Gasteiger partial charge on any atom is -0.342 e. The van der Waals surface area contributed by atoms with Gasteiger partial charge in [-0.1, -0.05) is 38.1 Å². The summed E-state index contributed by atoms with van der Waals surface area (Å²) in [4.78, 5) is 27.2. The Morgan fingerprint density at radius 3 is 2.58 bits per heavy atom. The molecule has 0 bridgehead atoms. The molecule has 3 aliphatic rings. The lowest BCUT2D eigenvalue weighted by Gasteiger charge is -2.36. The Morgan fingerprint density at radius 1 is 1.15 bits per heavy atom. The van der Waals surface area contributed by atoms with Crippen LogP contribution in [-0.2, 0) is 4.79 Å². The third kappa shape index (κ3) is 3.19. The summed E-state index contributed by atoms with van der Waals surface area (Å²) in [6.07, 6.45) is 3.58. The summed E-state index contributed by atoms with van der Waals surface area (Å²) in [7, 11) is 0. The summed E-state index contributed by atoms with van der Waals surface area (Å²) in [6, 6.07) is 8.64. The van der Waals surface area contributed by atoms with Crippen LogP contribution in [0.3, 0.4) is 0 Å². The first-order valence-electron chi connectivity index (χ1n) is 9.96. The van der Waals surface area contributed by atoms with Crippen molar-refractivity contribution in [2.75, 3.05) is 13.1 Å². The zero-order valence-electron chi connectivity index (χ0n) is 15.7. The van der Waals surface area contributed by atoms with E-state index in [1.165, 1.54) is 6.42 Å². The van der Waals surface area contributed by atoms with E-state index in [2.05, 4.69) is 24.7 Å². The second-order valence-electron chi connectivity index (χ2n) is 8.41. The van der Waals surface area contributed by atoms with E-state index in [-0.39, 0.29) is 17.6 Å². The zero-order valence-corrected chi connectivity index (χ0v) is 15.7. The van der Waals surface area contributed by atoms with Crippen molar-refractivity contribution in [2.45, 2.75) is 57.5 Å². The van der Waals surface area contributed by atoms with E-state index in [1.54, 1.807) is 0 Å². The summed E-state index contributed by atoms with van der Waals surface area (Å²) in [5.41, 5.74) is 8.57. The SMILES string of the molecule is CC(C)C1CC(C2CCN(C(=O)C3CC(=O)c4ccccc43)CC2)NN1. The Balaban J connectivity index is 1.36. The second kappa shape index (κ2) is 7.12. The number of hydrazine groups is 1. The lowest BCUT2D eigenvalue weighted by molar-refractivity contribution is -0.134. The van der Waals surface area contributed by atoms with Crippen LogP contribution in [0, 0.1) is 11.8 Å². The lowest BCUT2D eigenvalue weighted by Crippen LogP contribution is -2.45. The van der Waals surface area contributed by atoms with Crippen molar-refractivity contribution in [1.82, 2.24) is 15.8 Å². The molecule has 1 amide bonds. The Labute approximate surface area is 155 Å². The molecule has 5 nitrogen and oxygen atoms in total. The molecule has 3 atom stereocenters. The number of likely N-dealkylation sites (tertiary alicyclic amines) is 1. The third-order valence-corrected chi connectivity index (χ3v) is 6.51. The third-order valence-electron chi connectivity index (χ3n) is 6.51. The predicted molar refractivity (Wildman–Crippen MR) is 101 cm³/mol. The van der Waals surface area contributed by atoms with Crippen LogP contribution in [0.1, 0.15) is 61.4 Å². The van der Waals surface area contributed by atoms with Gasteiger partial charge < -0.3 is 4.90 Å². The molecule has 140 valence electrons. The van der Waals surface area contributed by atoms with Gasteiger partial charge in [0.15, 0.2) is 5.78 Å². The number of carbonyl (C=O) groups excluding carboxylic acids is 2. The lowest BCUT2D eigenvalue weighted by atomic mass is 9.85. The number of benzene rings is 1. The van der Waals surface area contributed by atoms with Crippen molar-refractivity contribution in [1.29, 1.82) is 0 Å². The fourth-order valence-electron chi connectivity index (χ4n) is 4.78. The van der Waals surface area contributed by atoms with Crippen molar-refractivity contribution in [2.24, 2.45) is 11.8 Å². The van der Waals surface area contributed by atoms with Crippen LogP contribution in [0.25, 0.3) is 0 Å². The molecule has 3 unspecified atom stereocenters. The summed E-state index contributed by atoms with van der Waals surface area (Å²) in [6.45, 7) is 6.12. The van der Waals surface area contributed by atoms with E-state index in [0.29, 0.717) is 30.3 Å². The van der Waals surface area contributed by atoms with E-state index in [9.17, 15) is 9.59 Å². The molecule has 2 aliphatic heterocycles. The molecular formula is C21H29N3O2. The van der Waals surface area contributed by atoms with Gasteiger partial charge in [-0.2, -0.15) is 0 Å². The van der Waals surface area contributed by atoms with Crippen LogP contribution in [0.2, 0.25) is 0 Å². The molecule has 4 rings (SSSR count). The molecule has 5 heteroatoms. The number of nitrogens with one attached hydrogen (secondary N) is 2. The molecule has 0 radical (unpaired) electrons. The number of rotatable bonds is 3. The first-order valence-corrected chi connectivity index (χ1v) is 9.96. The van der Waals surface area contributed by atoms with Gasteiger partial charge in [-0.25, -0.2) is 0 Å². The second-order valence-corrected chi connectivity index (χ2v) is 8.41. The summed E-state index contributed by atoms with van der Waals surface area (Å²) in [5, 5.41) is 0. The number of hydrogen-bond acceptors (Lipinski definition) is 4. The minimum atomic E-state index is -0.271. The van der Waals surface area contributed by atoms with Gasteiger partial charge in [0.25, 0.3) is 0 Å². The average molecular weight is 355 g/mol. The number of carbonyl (C=O) groups is 2. The van der Waals surface area contributed by atoms with Crippen LogP contribution in [0.15, 0.2) is 24.3 Å². The molecule has 26 heavy (non-hydrogen) atoms. The van der Waals surface area contributed by atoms with Gasteiger partial charge in [-0.3, -0.25) is 20.4 Å². The van der Waals surface area contributed by atoms with Crippen LogP contribution < -0.4 is 10.9 Å². The smallest absolute Gasteiger partial charge is 0.230 e. The van der Waals surface area contributed by atoms with E-state index in [0.717, 1.165) is 37.1 Å². The van der Waals surface area contributed by atoms with E-state index < -0.39 is 0 Å². The number of Topliss-reactive ketones (excluding diaryl/α,β-unsaturated/α-hetero) is 1. The number of hydrogen-bond donors (Lipinski definition) is 2. The molecule has 2 fully saturated rings. The molecule has 0 spiro atoms. The molecule has 2 N–H and O–H groups in total. The van der Waals surface area contributed by atoms with Crippen LogP contribution in [-0.4, -0.2) is 41.8 Å². The highest BCUT2D eigenvalue weighted by Crippen LogP contribution is 2.35. The first-order chi connectivity index (χ1) is 12.5. The number of ketones is 1. The number of piperidine rings is 1. The Morgan fingerprint density at radius 2 is 1.88 bits per heavy atom. The van der Waals surface area contributed by atoms with Gasteiger partial charge in [0, 0.05) is 37.2 Å². The van der Waals surface area contributed by atoms with Crippen molar-refractivity contribution >= 4 is 11.7 Å². The minimum absolute atomic E-state index is 0.106. The highest BCUT2D eigenvalue weighted by Gasteiger charge is 2.39. The average Bonchev–Trinajstić information content (AvgIpc) is 3.27. The first kappa shape index (κ1) is 17.7. The summed E-state index contributed by atoms with van der Waals surface area (Å²) < 4.78 is 0. The molecule has 1 aromatic rings. The molecule has 0 saturated carbocycles. The molecule has 2 saturated heterocycles. The van der Waals surface area contributed by atoms with Gasteiger partial charge in [-0.15, -0.1) is 0 Å². The normalized spacial score (nSPS) is 29.4. The number of amides is 1. The highest BCUT2D eigenvalue weighted by molar-refractivity contribution is 6.06. The van der Waals surface area contributed by atoms with Gasteiger partial charge in [0.05, 0.1) is 5.92 Å². The van der Waals surface area contributed by atoms with Crippen molar-refractivity contribution in [3.05, 3.63) is 35.4 Å². The van der Waals surface area contributed by atoms with Gasteiger partial charge in [-0.05, 0) is 36.7 Å². The number of fused-ring (bicyclic) bond motifs is 1. The zero-order chi connectivity index (χ0) is 18.3. The van der Waals surface area contributed by atoms with E-state index >= 15 is 0 Å². The quantitative estimate of drug-likeness (QED) is 0.874. The fourth-order valence-corrected chi connectivity index (χ4v) is 4.78. The molecule has 2 heterocycles. The van der Waals surface area contributed by atoms with Crippen LogP contribution in [0.5, 0.6) is 0 Å². The standard InChI is InChI=1S/C21H29N3O2/c1-13(2)18-12-19(23-22-18)14-7-9-24(10-8-14)21(26)17-11-20(25)16-6-4-3-5-15(16)17/h3-6,13-14,17-19,22-23H,7-12H2,1-2H3. The van der Waals surface area contributed by atoms with Crippen LogP contribution >= 0.6 is 0 Å². The Bertz CT molecular complexity index is 694. The van der Waals surface area contributed by atoms with E-state index in [1.807, 2.05) is 29.2 Å². The maximum atomic E-state index is 13.0. The molecule has 0 aromatic heterocycles. The Kier molecular flexibility index (Phi) is 4.84. The molecular weight excluding hydrogens is 326 g/mol. The Hall–Kier alpha value is -1.72. The van der Waals surface area contributed by atoms with E-state index in [4.69, 9.17) is 0 Å².